The van der Waals surface area contributed by atoms with Gasteiger partial charge in [0, 0.05) is 19.5 Å². The standard InChI is InChI=1S/C15H22N2O5S/c1-3-17(15(18)8-9-16-23(2,19)20)10-12-11-21-13-6-4-5-7-14(13)22-12/h4-7,12,16H,3,8-11H2,1-2H3/t12-/m0/s1. The van der Waals surface area contributed by atoms with Gasteiger partial charge in [0.1, 0.15) is 6.61 Å². The first-order valence-electron chi connectivity index (χ1n) is 7.50. The summed E-state index contributed by atoms with van der Waals surface area (Å²) >= 11 is 0. The summed E-state index contributed by atoms with van der Waals surface area (Å²) < 4.78 is 35.8. The van der Waals surface area contributed by atoms with E-state index in [9.17, 15) is 13.2 Å². The van der Waals surface area contributed by atoms with Gasteiger partial charge in [-0.3, -0.25) is 4.79 Å². The van der Waals surface area contributed by atoms with Gasteiger partial charge in [-0.1, -0.05) is 12.1 Å². The van der Waals surface area contributed by atoms with Crippen LogP contribution in [0.2, 0.25) is 0 Å². The fourth-order valence-corrected chi connectivity index (χ4v) is 2.78. The van der Waals surface area contributed by atoms with Crippen LogP contribution < -0.4 is 14.2 Å². The summed E-state index contributed by atoms with van der Waals surface area (Å²) in [7, 11) is -3.28. The van der Waals surface area contributed by atoms with E-state index in [-0.39, 0.29) is 25.0 Å². The number of nitrogens with zero attached hydrogens (tertiary/aromatic N) is 1. The Balaban J connectivity index is 1.86. The average Bonchev–Trinajstić information content (AvgIpc) is 2.51. The number of carbonyl (C=O) groups excluding carboxylic acids is 1. The van der Waals surface area contributed by atoms with Crippen molar-refractivity contribution in [1.29, 1.82) is 0 Å². The highest BCUT2D eigenvalue weighted by molar-refractivity contribution is 7.88. The zero-order valence-electron chi connectivity index (χ0n) is 13.3. The quantitative estimate of drug-likeness (QED) is 0.785. The molecule has 0 fully saturated rings. The molecule has 0 saturated heterocycles. The molecule has 8 heteroatoms. The van der Waals surface area contributed by atoms with Crippen LogP contribution in [0, 0.1) is 0 Å². The molecule has 0 aromatic heterocycles. The van der Waals surface area contributed by atoms with E-state index >= 15 is 0 Å². The van der Waals surface area contributed by atoms with E-state index in [0.717, 1.165) is 6.26 Å². The lowest BCUT2D eigenvalue weighted by Gasteiger charge is -2.31. The number of rotatable bonds is 7. The second-order valence-corrected chi connectivity index (χ2v) is 7.18. The van der Waals surface area contributed by atoms with Crippen molar-refractivity contribution in [3.05, 3.63) is 24.3 Å². The number of amides is 1. The van der Waals surface area contributed by atoms with Gasteiger partial charge in [-0.2, -0.15) is 0 Å². The molecule has 1 aromatic carbocycles. The molecule has 1 aromatic rings. The van der Waals surface area contributed by atoms with Gasteiger partial charge >= 0.3 is 0 Å². The Morgan fingerprint density at radius 1 is 1.35 bits per heavy atom. The third-order valence-corrected chi connectivity index (χ3v) is 4.16. The van der Waals surface area contributed by atoms with Gasteiger partial charge < -0.3 is 14.4 Å². The summed E-state index contributed by atoms with van der Waals surface area (Å²) in [5, 5.41) is 0. The van der Waals surface area contributed by atoms with Crippen molar-refractivity contribution in [2.24, 2.45) is 0 Å². The van der Waals surface area contributed by atoms with Crippen LogP contribution in [0.1, 0.15) is 13.3 Å². The van der Waals surface area contributed by atoms with Gasteiger partial charge in [0.05, 0.1) is 12.8 Å². The lowest BCUT2D eigenvalue weighted by molar-refractivity contribution is -0.132. The Morgan fingerprint density at radius 3 is 2.70 bits per heavy atom. The molecule has 1 atom stereocenters. The molecule has 23 heavy (non-hydrogen) atoms. The second kappa shape index (κ2) is 7.65. The predicted octanol–water partition coefficient (Wildman–Crippen LogP) is 0.614. The molecule has 128 valence electrons. The van der Waals surface area contributed by atoms with Gasteiger partial charge in [0.15, 0.2) is 17.6 Å². The minimum atomic E-state index is -3.28. The van der Waals surface area contributed by atoms with Crippen molar-refractivity contribution >= 4 is 15.9 Å². The number of para-hydroxylation sites is 2. The van der Waals surface area contributed by atoms with Crippen molar-refractivity contribution in [1.82, 2.24) is 9.62 Å². The monoisotopic (exact) mass is 342 g/mol. The van der Waals surface area contributed by atoms with Gasteiger partial charge in [-0.15, -0.1) is 0 Å². The third kappa shape index (κ3) is 5.40. The lowest BCUT2D eigenvalue weighted by Crippen LogP contribution is -2.44. The Hall–Kier alpha value is -1.80. The van der Waals surface area contributed by atoms with Crippen LogP contribution in [0.15, 0.2) is 24.3 Å². The Morgan fingerprint density at radius 2 is 2.04 bits per heavy atom. The average molecular weight is 342 g/mol. The zero-order chi connectivity index (χ0) is 16.9. The summed E-state index contributed by atoms with van der Waals surface area (Å²) in [4.78, 5) is 13.8. The highest BCUT2D eigenvalue weighted by atomic mass is 32.2. The number of nitrogens with one attached hydrogen (secondary N) is 1. The first kappa shape index (κ1) is 17.6. The number of sulfonamides is 1. The maximum absolute atomic E-state index is 12.2. The Labute approximate surface area is 136 Å². The molecule has 1 amide bonds. The van der Waals surface area contributed by atoms with Gasteiger partial charge in [0.25, 0.3) is 0 Å². The first-order chi connectivity index (χ1) is 10.9. The molecule has 0 bridgehead atoms. The molecule has 1 N–H and O–H groups in total. The fraction of sp³-hybridized carbons (Fsp3) is 0.533. The van der Waals surface area contributed by atoms with E-state index in [4.69, 9.17) is 9.47 Å². The molecule has 1 aliphatic heterocycles. The molecule has 0 unspecified atom stereocenters. The Bertz CT molecular complexity index is 647. The summed E-state index contributed by atoms with van der Waals surface area (Å²) in [5.41, 5.74) is 0. The van der Waals surface area contributed by atoms with Crippen LogP contribution in [0.3, 0.4) is 0 Å². The number of carbonyl (C=O) groups is 1. The van der Waals surface area contributed by atoms with Crippen molar-refractivity contribution in [2.45, 2.75) is 19.4 Å². The molecular weight excluding hydrogens is 320 g/mol. The molecule has 0 saturated carbocycles. The number of likely N-dealkylation sites (N-methyl/N-ethyl adjacent to an activating group) is 1. The summed E-state index contributed by atoms with van der Waals surface area (Å²) in [6, 6.07) is 7.41. The van der Waals surface area contributed by atoms with Crippen LogP contribution in [0.5, 0.6) is 11.5 Å². The molecule has 0 spiro atoms. The van der Waals surface area contributed by atoms with Crippen LogP contribution >= 0.6 is 0 Å². The van der Waals surface area contributed by atoms with Gasteiger partial charge in [-0.25, -0.2) is 13.1 Å². The third-order valence-electron chi connectivity index (χ3n) is 3.43. The number of hydrogen-bond acceptors (Lipinski definition) is 5. The second-order valence-electron chi connectivity index (χ2n) is 5.35. The van der Waals surface area contributed by atoms with E-state index < -0.39 is 10.0 Å². The van der Waals surface area contributed by atoms with Gasteiger partial charge in [-0.05, 0) is 19.1 Å². The minimum Gasteiger partial charge on any atom is -0.486 e. The van der Waals surface area contributed by atoms with E-state index in [2.05, 4.69) is 4.72 Å². The normalized spacial score (nSPS) is 16.9. The van der Waals surface area contributed by atoms with E-state index in [0.29, 0.717) is 31.2 Å². The SMILES string of the molecule is CCN(C[C@H]1COc2ccccc2O1)C(=O)CCNS(C)(=O)=O. The van der Waals surface area contributed by atoms with Crippen LogP contribution in [0.25, 0.3) is 0 Å². The smallest absolute Gasteiger partial charge is 0.224 e. The number of fused-ring (bicyclic) bond motifs is 1. The highest BCUT2D eigenvalue weighted by Gasteiger charge is 2.24. The minimum absolute atomic E-state index is 0.0963. The molecule has 0 radical (unpaired) electrons. The zero-order valence-corrected chi connectivity index (χ0v) is 14.1. The summed E-state index contributed by atoms with van der Waals surface area (Å²) in [5.74, 6) is 1.26. The molecule has 2 rings (SSSR count). The van der Waals surface area contributed by atoms with Crippen LogP contribution in [0.4, 0.5) is 0 Å². The molecule has 1 heterocycles. The fourth-order valence-electron chi connectivity index (χ4n) is 2.31. The van der Waals surface area contributed by atoms with Gasteiger partial charge in [0.2, 0.25) is 15.9 Å². The lowest BCUT2D eigenvalue weighted by atomic mass is 10.2. The predicted molar refractivity (Wildman–Crippen MR) is 86.1 cm³/mol. The van der Waals surface area contributed by atoms with Crippen molar-refractivity contribution < 1.29 is 22.7 Å². The van der Waals surface area contributed by atoms with Crippen LogP contribution in [-0.4, -0.2) is 57.8 Å². The summed E-state index contributed by atoms with van der Waals surface area (Å²) in [6.07, 6.45) is 0.946. The number of hydrogen-bond donors (Lipinski definition) is 1. The maximum atomic E-state index is 12.2. The van der Waals surface area contributed by atoms with E-state index in [1.165, 1.54) is 0 Å². The largest absolute Gasteiger partial charge is 0.486 e. The maximum Gasteiger partial charge on any atom is 0.224 e. The first-order valence-corrected chi connectivity index (χ1v) is 9.39. The number of ether oxygens (including phenoxy) is 2. The molecule has 7 nitrogen and oxygen atoms in total. The van der Waals surface area contributed by atoms with Crippen LogP contribution in [-0.2, 0) is 14.8 Å². The van der Waals surface area contributed by atoms with Crippen molar-refractivity contribution in [3.8, 4) is 11.5 Å². The van der Waals surface area contributed by atoms with E-state index in [1.807, 2.05) is 31.2 Å². The highest BCUT2D eigenvalue weighted by Crippen LogP contribution is 2.30. The summed E-state index contributed by atoms with van der Waals surface area (Å²) in [6.45, 7) is 3.28. The number of benzene rings is 1. The molecular formula is C15H22N2O5S. The molecule has 0 aliphatic carbocycles. The Kier molecular flexibility index (Phi) is 5.84. The van der Waals surface area contributed by atoms with E-state index in [1.54, 1.807) is 4.90 Å². The van der Waals surface area contributed by atoms with Crippen molar-refractivity contribution in [3.63, 3.8) is 0 Å². The van der Waals surface area contributed by atoms with Crippen molar-refractivity contribution in [2.75, 3.05) is 32.5 Å². The topological polar surface area (TPSA) is 84.9 Å². The molecule has 1 aliphatic rings.